The Bertz CT molecular complexity index is 2510. The van der Waals surface area contributed by atoms with Crippen LogP contribution in [0.2, 0.25) is 0 Å². The van der Waals surface area contributed by atoms with Gasteiger partial charge in [0.15, 0.2) is 17.0 Å². The molecule has 0 unspecified atom stereocenters. The molecule has 65 heavy (non-hydrogen) atoms. The predicted molar refractivity (Wildman–Crippen MR) is 236 cm³/mol. The van der Waals surface area contributed by atoms with Crippen LogP contribution in [0.15, 0.2) is 48.7 Å². The van der Waals surface area contributed by atoms with Crippen LogP contribution in [0, 0.1) is 5.92 Å². The molecule has 5 rings (SSSR count). The largest absolute Gasteiger partial charge is 0.467 e. The Morgan fingerprint density at radius 3 is 2.26 bits per heavy atom. The van der Waals surface area contributed by atoms with Crippen molar-refractivity contribution in [2.24, 2.45) is 5.92 Å². The number of tetrazole rings is 1. The van der Waals surface area contributed by atoms with Crippen LogP contribution < -0.4 is 38.1 Å². The highest BCUT2D eigenvalue weighted by Gasteiger charge is 2.29. The number of nitrogens with one attached hydrogen (secondary N) is 6. The van der Waals surface area contributed by atoms with Gasteiger partial charge in [-0.05, 0) is 100 Å². The summed E-state index contributed by atoms with van der Waals surface area (Å²) < 4.78 is 10.2. The number of amides is 5. The highest BCUT2D eigenvalue weighted by molar-refractivity contribution is 6.03. The summed E-state index contributed by atoms with van der Waals surface area (Å²) in [6.45, 7) is 10.2. The van der Waals surface area contributed by atoms with Gasteiger partial charge in [-0.3, -0.25) is 19.2 Å². The molecule has 3 aromatic heterocycles. The smallest absolute Gasteiger partial charge is 0.408 e. The molecule has 0 saturated carbocycles. The van der Waals surface area contributed by atoms with Crippen molar-refractivity contribution in [3.63, 3.8) is 0 Å². The van der Waals surface area contributed by atoms with Crippen LogP contribution in [0.25, 0.3) is 22.6 Å². The lowest BCUT2D eigenvalue weighted by molar-refractivity contribution is -0.143. The number of hydrogen-bond acceptors (Lipinski definition) is 17. The second-order valence-electron chi connectivity index (χ2n) is 16.2. The van der Waals surface area contributed by atoms with E-state index >= 15 is 0 Å². The predicted octanol–water partition coefficient (Wildman–Crippen LogP) is 2.02. The standard InChI is InChI=1S/C42H53N15O8/c1-21(2)30(51-41(63)65-42(4,5)6)38(61)47-22(3)35(58)49-25-16-17-27(28(19-25)33-54-56-57-55-33)37(60)45-18-8-9-29(39(62)64-7)50-36(59)24-13-10-23(11-14-24)12-15-26-20-46-34-31(48-26)32(43)52-40(44)53-34/h10-11,13-14,16-17,19-22,29-30H,8-9,12,15,18H2,1-7H3,(H,45,60)(H,47,61)(H,49,58)(H,50,59)(H,51,63)(H,54,55,56,57)(H4,43,44,46,52,53)/t22-,29-,30-/m0/s1. The number of esters is 1. The number of carbonyl (C=O) groups is 6. The molecule has 10 N–H and O–H groups in total. The van der Waals surface area contributed by atoms with Gasteiger partial charge in [0.05, 0.1) is 24.6 Å². The molecule has 0 saturated heterocycles. The number of H-pyrrole nitrogens is 1. The number of rotatable bonds is 18. The monoisotopic (exact) mass is 895 g/mol. The molecule has 5 aromatic rings. The van der Waals surface area contributed by atoms with E-state index in [2.05, 4.69) is 67.1 Å². The van der Waals surface area contributed by atoms with Crippen LogP contribution in [-0.2, 0) is 36.7 Å². The van der Waals surface area contributed by atoms with Crippen LogP contribution in [-0.4, -0.2) is 114 Å². The first-order chi connectivity index (χ1) is 30.8. The van der Waals surface area contributed by atoms with E-state index in [0.29, 0.717) is 35.3 Å². The molecule has 0 fully saturated rings. The lowest BCUT2D eigenvalue weighted by atomic mass is 10.0. The minimum absolute atomic E-state index is 0.0127. The summed E-state index contributed by atoms with van der Waals surface area (Å²) in [5.41, 5.74) is 14.0. The lowest BCUT2D eigenvalue weighted by Crippen LogP contribution is -2.54. The number of hydrogen-bond donors (Lipinski definition) is 8. The number of nitrogens with two attached hydrogens (primary N) is 2. The second kappa shape index (κ2) is 21.5. The van der Waals surface area contributed by atoms with Gasteiger partial charge in [-0.15, -0.1) is 10.2 Å². The first-order valence-corrected chi connectivity index (χ1v) is 20.6. The zero-order valence-electron chi connectivity index (χ0n) is 37.0. The Kier molecular flexibility index (Phi) is 15.9. The third kappa shape index (κ3) is 13.6. The number of methoxy groups -OCH3 is 1. The highest BCUT2D eigenvalue weighted by Crippen LogP contribution is 2.25. The van der Waals surface area contributed by atoms with Crippen molar-refractivity contribution in [1.29, 1.82) is 0 Å². The molecule has 5 amide bonds. The maximum absolute atomic E-state index is 13.5. The minimum Gasteiger partial charge on any atom is -0.467 e. The van der Waals surface area contributed by atoms with Crippen molar-refractivity contribution in [1.82, 2.24) is 61.8 Å². The zero-order chi connectivity index (χ0) is 47.4. The van der Waals surface area contributed by atoms with Gasteiger partial charge < -0.3 is 47.5 Å². The fourth-order valence-electron chi connectivity index (χ4n) is 6.30. The lowest BCUT2D eigenvalue weighted by Gasteiger charge is -2.26. The van der Waals surface area contributed by atoms with Crippen LogP contribution in [0.4, 0.5) is 22.2 Å². The number of carbonyl (C=O) groups excluding carboxylic acids is 6. The number of aryl methyl sites for hydroxylation is 2. The van der Waals surface area contributed by atoms with Crippen molar-refractivity contribution >= 4 is 64.3 Å². The Hall–Kier alpha value is -7.85. The van der Waals surface area contributed by atoms with Gasteiger partial charge in [-0.1, -0.05) is 26.0 Å². The minimum atomic E-state index is -1.03. The fourth-order valence-corrected chi connectivity index (χ4v) is 6.30. The molecule has 344 valence electrons. The van der Waals surface area contributed by atoms with Gasteiger partial charge in [-0.25, -0.2) is 19.6 Å². The summed E-state index contributed by atoms with van der Waals surface area (Å²) in [4.78, 5) is 94.8. The maximum Gasteiger partial charge on any atom is 0.408 e. The van der Waals surface area contributed by atoms with Crippen LogP contribution in [0.1, 0.15) is 86.4 Å². The number of anilines is 3. The topological polar surface area (TPSA) is 339 Å². The van der Waals surface area contributed by atoms with Gasteiger partial charge in [0.25, 0.3) is 11.8 Å². The number of nitrogens with zero attached hydrogens (tertiary/aromatic N) is 7. The zero-order valence-corrected chi connectivity index (χ0v) is 37.0. The van der Waals surface area contributed by atoms with Crippen LogP contribution in [0.3, 0.4) is 0 Å². The SMILES string of the molecule is COC(=O)[C@H](CCCNC(=O)c1ccc(NC(=O)[C@H](C)NC(=O)[C@@H](NC(=O)OC(C)(C)C)C(C)C)cc1-c1nn[nH]n1)NC(=O)c1ccc(CCc2cnc3nc(N)nc(N)c3n2)cc1. The second-order valence-corrected chi connectivity index (χ2v) is 16.2. The van der Waals surface area contributed by atoms with Crippen molar-refractivity contribution < 1.29 is 38.2 Å². The molecule has 0 aliphatic heterocycles. The molecule has 23 nitrogen and oxygen atoms in total. The quantitative estimate of drug-likeness (QED) is 0.0461. The van der Waals surface area contributed by atoms with Crippen LogP contribution >= 0.6 is 0 Å². The summed E-state index contributed by atoms with van der Waals surface area (Å²) in [7, 11) is 1.21. The number of alkyl carbamates (subject to hydrolysis) is 1. The Morgan fingerprint density at radius 2 is 1.60 bits per heavy atom. The van der Waals surface area contributed by atoms with Crippen molar-refractivity contribution in [2.75, 3.05) is 30.4 Å². The van der Waals surface area contributed by atoms with E-state index in [9.17, 15) is 28.8 Å². The average Bonchev–Trinajstić information content (AvgIpc) is 3.80. The number of ether oxygens (including phenoxy) is 2. The number of nitrogen functional groups attached to an aromatic ring is 2. The average molecular weight is 896 g/mol. The molecule has 23 heteroatoms. The van der Waals surface area contributed by atoms with Crippen molar-refractivity contribution in [3.05, 3.63) is 71.0 Å². The number of aromatic amines is 1. The van der Waals surface area contributed by atoms with E-state index in [0.717, 1.165) is 5.56 Å². The molecular formula is C42H53N15O8. The normalized spacial score (nSPS) is 12.7. The number of benzene rings is 2. The summed E-state index contributed by atoms with van der Waals surface area (Å²) in [6, 6.07) is 8.29. The van der Waals surface area contributed by atoms with Crippen LogP contribution in [0.5, 0.6) is 0 Å². The summed E-state index contributed by atoms with van der Waals surface area (Å²) in [5, 5.41) is 27.3. The first-order valence-electron chi connectivity index (χ1n) is 20.6. The summed E-state index contributed by atoms with van der Waals surface area (Å²) >= 11 is 0. The van der Waals surface area contributed by atoms with Gasteiger partial charge in [0, 0.05) is 23.4 Å². The van der Waals surface area contributed by atoms with E-state index in [1.165, 1.54) is 32.2 Å². The molecule has 2 aromatic carbocycles. The molecule has 0 spiro atoms. The highest BCUT2D eigenvalue weighted by atomic mass is 16.6. The molecule has 0 aliphatic carbocycles. The molecule has 0 aliphatic rings. The Balaban J connectivity index is 1.14. The molecule has 0 radical (unpaired) electrons. The first kappa shape index (κ1) is 48.2. The van der Waals surface area contributed by atoms with Gasteiger partial charge in [0.2, 0.25) is 23.6 Å². The van der Waals surface area contributed by atoms with Gasteiger partial charge >= 0.3 is 12.1 Å². The van der Waals surface area contributed by atoms with Gasteiger partial charge in [0.1, 0.15) is 23.7 Å². The third-order valence-electron chi connectivity index (χ3n) is 9.62. The van der Waals surface area contributed by atoms with E-state index < -0.39 is 59.4 Å². The number of aromatic nitrogens is 8. The molecule has 3 heterocycles. The summed E-state index contributed by atoms with van der Waals surface area (Å²) in [5.74, 6) is -2.95. The Morgan fingerprint density at radius 1 is 0.862 bits per heavy atom. The van der Waals surface area contributed by atoms with E-state index in [1.807, 2.05) is 0 Å². The van der Waals surface area contributed by atoms with Gasteiger partial charge in [-0.2, -0.15) is 15.2 Å². The Labute approximate surface area is 373 Å². The summed E-state index contributed by atoms with van der Waals surface area (Å²) in [6.07, 6.45) is 2.35. The van der Waals surface area contributed by atoms with Crippen molar-refractivity contribution in [3.8, 4) is 11.4 Å². The van der Waals surface area contributed by atoms with E-state index in [-0.39, 0.29) is 59.7 Å². The molecular weight excluding hydrogens is 843 g/mol. The fraction of sp³-hybridized carbons (Fsp3) is 0.405. The van der Waals surface area contributed by atoms with Crippen molar-refractivity contribution in [2.45, 2.75) is 91.0 Å². The number of fused-ring (bicyclic) bond motifs is 1. The molecule has 0 bridgehead atoms. The maximum atomic E-state index is 13.5. The van der Waals surface area contributed by atoms with E-state index in [4.69, 9.17) is 20.9 Å². The third-order valence-corrected chi connectivity index (χ3v) is 9.62. The van der Waals surface area contributed by atoms with E-state index in [1.54, 1.807) is 65.1 Å². The molecule has 3 atom stereocenters.